The summed E-state index contributed by atoms with van der Waals surface area (Å²) in [7, 11) is 0. The van der Waals surface area contributed by atoms with Crippen LogP contribution in [-0.2, 0) is 6.54 Å². The van der Waals surface area contributed by atoms with Gasteiger partial charge in [-0.15, -0.1) is 0 Å². The van der Waals surface area contributed by atoms with Gasteiger partial charge in [0.05, 0.1) is 4.92 Å². The maximum Gasteiger partial charge on any atom is 0.353 e. The van der Waals surface area contributed by atoms with Crippen LogP contribution in [0.3, 0.4) is 0 Å². The Kier molecular flexibility index (Phi) is 5.73. The number of nitrogens with one attached hydrogen (secondary N) is 2. The molecule has 0 bridgehead atoms. The molecule has 0 amide bonds. The van der Waals surface area contributed by atoms with E-state index in [4.69, 9.17) is 23.2 Å². The molecule has 3 aromatic rings. The first-order chi connectivity index (χ1) is 13.0. The molecule has 9 heteroatoms. The van der Waals surface area contributed by atoms with Crippen LogP contribution in [0.1, 0.15) is 11.1 Å². The van der Waals surface area contributed by atoms with Crippen LogP contribution in [0.4, 0.5) is 23.0 Å². The van der Waals surface area contributed by atoms with Crippen molar-refractivity contribution in [3.05, 3.63) is 80.1 Å². The lowest BCUT2D eigenvalue weighted by molar-refractivity contribution is -0.383. The average molecular weight is 404 g/mol. The van der Waals surface area contributed by atoms with Gasteiger partial charge < -0.3 is 10.6 Å². The van der Waals surface area contributed by atoms with Crippen LogP contribution in [-0.4, -0.2) is 14.9 Å². The number of halogens is 2. The van der Waals surface area contributed by atoms with Gasteiger partial charge >= 0.3 is 5.69 Å². The third-order valence-corrected chi connectivity index (χ3v) is 4.47. The third kappa shape index (κ3) is 4.45. The SMILES string of the molecule is Cc1ccc(Cl)cc1Nc1ncnc(NCc2ccccc2Cl)c1[N+](=O)[O-]. The van der Waals surface area contributed by atoms with Crippen molar-refractivity contribution in [3.8, 4) is 0 Å². The second-order valence-electron chi connectivity index (χ2n) is 5.71. The fraction of sp³-hybridized carbons (Fsp3) is 0.111. The number of hydrogen-bond donors (Lipinski definition) is 2. The zero-order valence-corrected chi connectivity index (χ0v) is 15.8. The first-order valence-corrected chi connectivity index (χ1v) is 8.71. The minimum Gasteiger partial charge on any atom is -0.360 e. The second kappa shape index (κ2) is 8.20. The summed E-state index contributed by atoms with van der Waals surface area (Å²) < 4.78 is 0. The molecule has 0 aliphatic heterocycles. The van der Waals surface area contributed by atoms with Gasteiger partial charge in [0.1, 0.15) is 6.33 Å². The molecule has 0 unspecified atom stereocenters. The Balaban J connectivity index is 1.92. The van der Waals surface area contributed by atoms with E-state index in [0.29, 0.717) is 15.7 Å². The molecule has 7 nitrogen and oxygen atoms in total. The van der Waals surface area contributed by atoms with E-state index in [-0.39, 0.29) is 23.9 Å². The van der Waals surface area contributed by atoms with Crippen molar-refractivity contribution in [1.82, 2.24) is 9.97 Å². The Bertz CT molecular complexity index is 997. The number of benzene rings is 2. The van der Waals surface area contributed by atoms with E-state index in [2.05, 4.69) is 20.6 Å². The summed E-state index contributed by atoms with van der Waals surface area (Å²) in [5, 5.41) is 18.7. The Hall–Kier alpha value is -2.90. The zero-order chi connectivity index (χ0) is 19.4. The van der Waals surface area contributed by atoms with Crippen molar-refractivity contribution < 1.29 is 4.92 Å². The first-order valence-electron chi connectivity index (χ1n) is 7.95. The average Bonchev–Trinajstić information content (AvgIpc) is 2.64. The van der Waals surface area contributed by atoms with Gasteiger partial charge in [-0.2, -0.15) is 0 Å². The summed E-state index contributed by atoms with van der Waals surface area (Å²) in [5.41, 5.74) is 2.04. The lowest BCUT2D eigenvalue weighted by atomic mass is 10.2. The van der Waals surface area contributed by atoms with E-state index < -0.39 is 4.92 Å². The molecule has 0 atom stereocenters. The molecule has 0 radical (unpaired) electrons. The van der Waals surface area contributed by atoms with Crippen molar-refractivity contribution in [2.24, 2.45) is 0 Å². The number of hydrogen-bond acceptors (Lipinski definition) is 6. The lowest BCUT2D eigenvalue weighted by Gasteiger charge is -2.12. The summed E-state index contributed by atoms with van der Waals surface area (Å²) in [4.78, 5) is 19.2. The van der Waals surface area contributed by atoms with Crippen LogP contribution in [0.15, 0.2) is 48.8 Å². The molecule has 27 heavy (non-hydrogen) atoms. The highest BCUT2D eigenvalue weighted by molar-refractivity contribution is 6.31. The minimum atomic E-state index is -0.531. The highest BCUT2D eigenvalue weighted by Gasteiger charge is 2.23. The topological polar surface area (TPSA) is 93.0 Å². The summed E-state index contributed by atoms with van der Waals surface area (Å²) >= 11 is 12.1. The molecule has 1 aromatic heterocycles. The molecule has 2 aromatic carbocycles. The van der Waals surface area contributed by atoms with Gasteiger partial charge in [-0.3, -0.25) is 10.1 Å². The van der Waals surface area contributed by atoms with Crippen molar-refractivity contribution in [3.63, 3.8) is 0 Å². The van der Waals surface area contributed by atoms with Crippen molar-refractivity contribution in [1.29, 1.82) is 0 Å². The van der Waals surface area contributed by atoms with Gasteiger partial charge in [0.2, 0.25) is 11.6 Å². The molecular formula is C18H15Cl2N5O2. The molecule has 0 spiro atoms. The van der Waals surface area contributed by atoms with Gasteiger partial charge in [-0.05, 0) is 36.2 Å². The predicted molar refractivity (Wildman–Crippen MR) is 107 cm³/mol. The van der Waals surface area contributed by atoms with Gasteiger partial charge in [0.15, 0.2) is 0 Å². The number of aryl methyl sites for hydroxylation is 1. The molecule has 3 rings (SSSR count). The van der Waals surface area contributed by atoms with E-state index in [1.807, 2.05) is 31.2 Å². The van der Waals surface area contributed by atoms with Crippen LogP contribution in [0.25, 0.3) is 0 Å². The number of aromatic nitrogens is 2. The van der Waals surface area contributed by atoms with Crippen LogP contribution in [0, 0.1) is 17.0 Å². The van der Waals surface area contributed by atoms with Crippen LogP contribution >= 0.6 is 23.2 Å². The van der Waals surface area contributed by atoms with Gasteiger partial charge in [0.25, 0.3) is 0 Å². The van der Waals surface area contributed by atoms with E-state index in [0.717, 1.165) is 11.1 Å². The fourth-order valence-corrected chi connectivity index (χ4v) is 2.82. The number of nitrogens with zero attached hydrogens (tertiary/aromatic N) is 3. The smallest absolute Gasteiger partial charge is 0.353 e. The normalized spacial score (nSPS) is 10.5. The molecule has 0 aliphatic carbocycles. The molecule has 2 N–H and O–H groups in total. The van der Waals surface area contributed by atoms with E-state index in [1.165, 1.54) is 6.33 Å². The second-order valence-corrected chi connectivity index (χ2v) is 6.55. The van der Waals surface area contributed by atoms with Crippen molar-refractivity contribution >= 4 is 46.2 Å². The van der Waals surface area contributed by atoms with Crippen LogP contribution in [0.2, 0.25) is 10.0 Å². The van der Waals surface area contributed by atoms with Gasteiger partial charge in [-0.25, -0.2) is 9.97 Å². The maximum atomic E-state index is 11.7. The summed E-state index contributed by atoms with van der Waals surface area (Å²) in [6.07, 6.45) is 1.25. The predicted octanol–water partition coefficient (Wildman–Crippen LogP) is 5.36. The molecule has 0 saturated heterocycles. The van der Waals surface area contributed by atoms with Crippen molar-refractivity contribution in [2.45, 2.75) is 13.5 Å². The monoisotopic (exact) mass is 403 g/mol. The number of rotatable bonds is 6. The highest BCUT2D eigenvalue weighted by atomic mass is 35.5. The lowest BCUT2D eigenvalue weighted by Crippen LogP contribution is -2.08. The molecule has 138 valence electrons. The number of anilines is 3. The molecule has 0 fully saturated rings. The molecule has 0 aliphatic rings. The van der Waals surface area contributed by atoms with Crippen LogP contribution in [0.5, 0.6) is 0 Å². The van der Waals surface area contributed by atoms with Gasteiger partial charge in [0, 0.05) is 22.3 Å². The van der Waals surface area contributed by atoms with E-state index >= 15 is 0 Å². The Morgan fingerprint density at radius 1 is 1.11 bits per heavy atom. The Labute approximate surface area is 165 Å². The first kappa shape index (κ1) is 18.9. The summed E-state index contributed by atoms with van der Waals surface area (Å²) in [6, 6.07) is 12.5. The minimum absolute atomic E-state index is 0.0713. The largest absolute Gasteiger partial charge is 0.360 e. The highest BCUT2D eigenvalue weighted by Crippen LogP contribution is 2.33. The van der Waals surface area contributed by atoms with Crippen molar-refractivity contribution in [2.75, 3.05) is 10.6 Å². The maximum absolute atomic E-state index is 11.7. The third-order valence-electron chi connectivity index (χ3n) is 3.86. The van der Waals surface area contributed by atoms with Gasteiger partial charge in [-0.1, -0.05) is 47.5 Å². The molecule has 0 saturated carbocycles. The Morgan fingerprint density at radius 2 is 1.85 bits per heavy atom. The number of nitro groups is 1. The molecular weight excluding hydrogens is 389 g/mol. The van der Waals surface area contributed by atoms with Crippen LogP contribution < -0.4 is 10.6 Å². The van der Waals surface area contributed by atoms with E-state index in [1.54, 1.807) is 18.2 Å². The quantitative estimate of drug-likeness (QED) is 0.425. The van der Waals surface area contributed by atoms with E-state index in [9.17, 15) is 10.1 Å². The standard InChI is InChI=1S/C18H15Cl2N5O2/c1-11-6-7-13(19)8-15(11)24-18-16(25(26)27)17(22-10-23-18)21-9-12-4-2-3-5-14(12)20/h2-8,10H,9H2,1H3,(H2,21,22,23,24). The summed E-state index contributed by atoms with van der Waals surface area (Å²) in [5.74, 6) is 0.166. The summed E-state index contributed by atoms with van der Waals surface area (Å²) in [6.45, 7) is 2.15. The molecule has 1 heterocycles. The fourth-order valence-electron chi connectivity index (χ4n) is 2.45. The zero-order valence-electron chi connectivity index (χ0n) is 14.2. The Morgan fingerprint density at radius 3 is 2.59 bits per heavy atom.